The summed E-state index contributed by atoms with van der Waals surface area (Å²) in [5.41, 5.74) is 8.23. The molecule has 100 valence electrons. The maximum absolute atomic E-state index is 6.31. The van der Waals surface area contributed by atoms with Crippen LogP contribution in [0, 0.1) is 6.92 Å². The summed E-state index contributed by atoms with van der Waals surface area (Å²) >= 11 is 3.54. The predicted octanol–water partition coefficient (Wildman–Crippen LogP) is 3.17. The molecule has 0 saturated heterocycles. The number of furan rings is 1. The topological polar surface area (TPSA) is 57.6 Å². The minimum atomic E-state index is -0.260. The van der Waals surface area contributed by atoms with Crippen LogP contribution in [0.5, 0.6) is 11.5 Å². The highest BCUT2D eigenvalue weighted by molar-refractivity contribution is 9.10. The Morgan fingerprint density at radius 2 is 1.84 bits per heavy atom. The summed E-state index contributed by atoms with van der Waals surface area (Å²) in [4.78, 5) is 0. The molecule has 5 heteroatoms. The molecule has 1 aromatic carbocycles. The number of benzene rings is 1. The van der Waals surface area contributed by atoms with Crippen LogP contribution in [0.15, 0.2) is 33.4 Å². The third-order valence-corrected chi connectivity index (χ3v) is 3.92. The maximum Gasteiger partial charge on any atom is 0.162 e. The fourth-order valence-electron chi connectivity index (χ4n) is 2.20. The first-order valence-electron chi connectivity index (χ1n) is 6.05. The zero-order valence-electron chi connectivity index (χ0n) is 10.5. The van der Waals surface area contributed by atoms with Crippen molar-refractivity contribution < 1.29 is 13.9 Å². The first-order valence-corrected chi connectivity index (χ1v) is 6.84. The van der Waals surface area contributed by atoms with Gasteiger partial charge in [0, 0.05) is 10.0 Å². The number of nitrogens with two attached hydrogens (primary N) is 1. The Bertz CT molecular complexity index is 609. The number of hydrogen-bond acceptors (Lipinski definition) is 4. The molecule has 2 N–H and O–H groups in total. The highest BCUT2D eigenvalue weighted by atomic mass is 79.9. The molecule has 1 unspecified atom stereocenters. The number of rotatable bonds is 2. The van der Waals surface area contributed by atoms with E-state index in [0.29, 0.717) is 13.2 Å². The third kappa shape index (κ3) is 2.24. The summed E-state index contributed by atoms with van der Waals surface area (Å²) in [5.74, 6) is 2.31. The second kappa shape index (κ2) is 4.90. The van der Waals surface area contributed by atoms with Gasteiger partial charge in [0.05, 0.1) is 12.3 Å². The predicted molar refractivity (Wildman–Crippen MR) is 74.6 cm³/mol. The zero-order valence-corrected chi connectivity index (χ0v) is 12.1. The van der Waals surface area contributed by atoms with Crippen molar-refractivity contribution >= 4 is 15.9 Å². The quantitative estimate of drug-likeness (QED) is 0.922. The van der Waals surface area contributed by atoms with Crippen molar-refractivity contribution in [1.82, 2.24) is 0 Å². The summed E-state index contributed by atoms with van der Waals surface area (Å²) in [6.07, 6.45) is 1.65. The van der Waals surface area contributed by atoms with E-state index in [1.807, 2.05) is 25.1 Å². The molecule has 1 aromatic heterocycles. The number of ether oxygens (including phenoxy) is 2. The number of halogens is 1. The molecule has 0 amide bonds. The van der Waals surface area contributed by atoms with Crippen LogP contribution in [0.4, 0.5) is 0 Å². The molecule has 1 atom stereocenters. The van der Waals surface area contributed by atoms with Gasteiger partial charge in [-0.25, -0.2) is 0 Å². The largest absolute Gasteiger partial charge is 0.486 e. The minimum Gasteiger partial charge on any atom is -0.486 e. The number of aryl methyl sites for hydroxylation is 1. The van der Waals surface area contributed by atoms with E-state index in [4.69, 9.17) is 19.6 Å². The van der Waals surface area contributed by atoms with Crippen molar-refractivity contribution in [3.8, 4) is 11.5 Å². The van der Waals surface area contributed by atoms with Crippen LogP contribution >= 0.6 is 15.9 Å². The first kappa shape index (κ1) is 12.6. The molecular weight excluding hydrogens is 310 g/mol. The summed E-state index contributed by atoms with van der Waals surface area (Å²) < 4.78 is 17.3. The van der Waals surface area contributed by atoms with Crippen LogP contribution in [-0.2, 0) is 0 Å². The van der Waals surface area contributed by atoms with Gasteiger partial charge in [-0.3, -0.25) is 0 Å². The molecule has 0 radical (unpaired) electrons. The summed E-state index contributed by atoms with van der Waals surface area (Å²) in [6.45, 7) is 3.04. The van der Waals surface area contributed by atoms with Crippen LogP contribution in [-0.4, -0.2) is 13.2 Å². The Morgan fingerprint density at radius 1 is 1.16 bits per heavy atom. The van der Waals surface area contributed by atoms with E-state index in [-0.39, 0.29) is 6.04 Å². The highest BCUT2D eigenvalue weighted by Gasteiger charge is 2.21. The summed E-state index contributed by atoms with van der Waals surface area (Å²) in [6, 6.07) is 5.46. The molecule has 1 aliphatic rings. The molecular formula is C14H14BrNO3. The number of hydrogen-bond donors (Lipinski definition) is 1. The van der Waals surface area contributed by atoms with Gasteiger partial charge in [-0.2, -0.15) is 0 Å². The lowest BCUT2D eigenvalue weighted by Crippen LogP contribution is -2.17. The Morgan fingerprint density at radius 3 is 2.47 bits per heavy atom. The fourth-order valence-corrected chi connectivity index (χ4v) is 2.77. The Labute approximate surface area is 119 Å². The van der Waals surface area contributed by atoms with E-state index >= 15 is 0 Å². The van der Waals surface area contributed by atoms with Crippen LogP contribution < -0.4 is 15.2 Å². The average Bonchev–Trinajstić information content (AvgIpc) is 2.83. The van der Waals surface area contributed by atoms with Crippen LogP contribution in [0.3, 0.4) is 0 Å². The Balaban J connectivity index is 2.03. The molecule has 0 spiro atoms. The average molecular weight is 324 g/mol. The number of fused-ring (bicyclic) bond motifs is 1. The molecule has 0 bridgehead atoms. The standard InChI is InChI=1S/C14H14BrNO3/c1-8-9(2-3-17-8)14(16)10-6-12-13(7-11(10)15)19-5-4-18-12/h2-3,6-7,14H,4-5,16H2,1H3. The second-order valence-corrected chi connectivity index (χ2v) is 5.28. The highest BCUT2D eigenvalue weighted by Crippen LogP contribution is 2.39. The lowest BCUT2D eigenvalue weighted by Gasteiger charge is -2.21. The van der Waals surface area contributed by atoms with Crippen LogP contribution in [0.1, 0.15) is 22.9 Å². The van der Waals surface area contributed by atoms with E-state index in [0.717, 1.165) is 32.9 Å². The van der Waals surface area contributed by atoms with Crippen molar-refractivity contribution in [3.05, 3.63) is 45.8 Å². The first-order chi connectivity index (χ1) is 9.16. The van der Waals surface area contributed by atoms with E-state index in [9.17, 15) is 0 Å². The zero-order chi connectivity index (χ0) is 13.4. The van der Waals surface area contributed by atoms with Crippen LogP contribution in [0.2, 0.25) is 0 Å². The molecule has 1 aliphatic heterocycles. The SMILES string of the molecule is Cc1occc1C(N)c1cc2c(cc1Br)OCCO2. The third-order valence-electron chi connectivity index (χ3n) is 3.23. The fraction of sp³-hybridized carbons (Fsp3) is 0.286. The molecule has 3 rings (SSSR count). The molecule has 0 aliphatic carbocycles. The van der Waals surface area contributed by atoms with Gasteiger partial charge < -0.3 is 19.6 Å². The van der Waals surface area contributed by atoms with Crippen molar-refractivity contribution in [2.45, 2.75) is 13.0 Å². The normalized spacial score (nSPS) is 15.3. The summed E-state index contributed by atoms with van der Waals surface area (Å²) in [7, 11) is 0. The molecule has 2 heterocycles. The molecule has 19 heavy (non-hydrogen) atoms. The van der Waals surface area contributed by atoms with Gasteiger partial charge in [0.25, 0.3) is 0 Å². The van der Waals surface area contributed by atoms with Gasteiger partial charge in [0.1, 0.15) is 19.0 Å². The van der Waals surface area contributed by atoms with E-state index < -0.39 is 0 Å². The van der Waals surface area contributed by atoms with Gasteiger partial charge in [-0.1, -0.05) is 15.9 Å². The van der Waals surface area contributed by atoms with Gasteiger partial charge in [0.15, 0.2) is 11.5 Å². The molecule has 4 nitrogen and oxygen atoms in total. The Kier molecular flexibility index (Phi) is 3.24. The van der Waals surface area contributed by atoms with Gasteiger partial charge in [0.2, 0.25) is 0 Å². The van der Waals surface area contributed by atoms with Crippen LogP contribution in [0.25, 0.3) is 0 Å². The van der Waals surface area contributed by atoms with Crippen molar-refractivity contribution in [2.24, 2.45) is 5.73 Å². The molecule has 0 saturated carbocycles. The Hall–Kier alpha value is -1.46. The van der Waals surface area contributed by atoms with E-state index in [1.165, 1.54) is 0 Å². The van der Waals surface area contributed by atoms with Gasteiger partial charge in [-0.15, -0.1) is 0 Å². The van der Waals surface area contributed by atoms with Gasteiger partial charge >= 0.3 is 0 Å². The van der Waals surface area contributed by atoms with Crippen molar-refractivity contribution in [1.29, 1.82) is 0 Å². The lowest BCUT2D eigenvalue weighted by molar-refractivity contribution is 0.171. The molecule has 0 fully saturated rings. The van der Waals surface area contributed by atoms with Gasteiger partial charge in [-0.05, 0) is 30.7 Å². The second-order valence-electron chi connectivity index (χ2n) is 4.43. The monoisotopic (exact) mass is 323 g/mol. The van der Waals surface area contributed by atoms with E-state index in [2.05, 4.69) is 15.9 Å². The smallest absolute Gasteiger partial charge is 0.162 e. The van der Waals surface area contributed by atoms with Crippen molar-refractivity contribution in [2.75, 3.05) is 13.2 Å². The lowest BCUT2D eigenvalue weighted by atomic mass is 9.99. The van der Waals surface area contributed by atoms with E-state index in [1.54, 1.807) is 6.26 Å². The maximum atomic E-state index is 6.31. The minimum absolute atomic E-state index is 0.260. The summed E-state index contributed by atoms with van der Waals surface area (Å²) in [5, 5.41) is 0. The molecule has 2 aromatic rings. The van der Waals surface area contributed by atoms with Crippen molar-refractivity contribution in [3.63, 3.8) is 0 Å².